The highest BCUT2D eigenvalue weighted by Gasteiger charge is 2.14. The van der Waals surface area contributed by atoms with E-state index in [0.29, 0.717) is 12.1 Å². The lowest BCUT2D eigenvalue weighted by molar-refractivity contribution is 0.592. The third kappa shape index (κ3) is 3.82. The predicted octanol–water partition coefficient (Wildman–Crippen LogP) is 3.83. The van der Waals surface area contributed by atoms with E-state index in [9.17, 15) is 0 Å². The molecule has 3 rings (SSSR count). The summed E-state index contributed by atoms with van der Waals surface area (Å²) in [7, 11) is 0. The second kappa shape index (κ2) is 7.35. The molecule has 0 saturated carbocycles. The number of hydrogen-bond acceptors (Lipinski definition) is 3. The third-order valence-corrected chi connectivity index (χ3v) is 3.68. The molecule has 23 heavy (non-hydrogen) atoms. The van der Waals surface area contributed by atoms with Crippen LogP contribution in [0.3, 0.4) is 0 Å². The van der Waals surface area contributed by atoms with E-state index in [1.54, 1.807) is 0 Å². The molecule has 1 heterocycles. The molecule has 1 unspecified atom stereocenters. The van der Waals surface area contributed by atoms with Crippen molar-refractivity contribution in [2.24, 2.45) is 0 Å². The van der Waals surface area contributed by atoms with E-state index in [1.165, 1.54) is 5.56 Å². The largest absolute Gasteiger partial charge is 0.301 e. The molecule has 1 aromatic heterocycles. The number of nitrogens with zero attached hydrogens (tertiary/aromatic N) is 2. The minimum atomic E-state index is 0.0168. The number of rotatable bonds is 5. The number of nitriles is 1. The number of nitrogens with one attached hydrogen (secondary N) is 1. The van der Waals surface area contributed by atoms with Gasteiger partial charge in [-0.2, -0.15) is 5.26 Å². The SMILES string of the molecule is N#Cc1cccc(CNC(c2ccccc2)c2ccccn2)c1. The van der Waals surface area contributed by atoms with E-state index < -0.39 is 0 Å². The summed E-state index contributed by atoms with van der Waals surface area (Å²) < 4.78 is 0. The van der Waals surface area contributed by atoms with E-state index >= 15 is 0 Å². The zero-order valence-electron chi connectivity index (χ0n) is 12.7. The van der Waals surface area contributed by atoms with Gasteiger partial charge in [-0.25, -0.2) is 0 Å². The highest BCUT2D eigenvalue weighted by Crippen LogP contribution is 2.20. The van der Waals surface area contributed by atoms with Gasteiger partial charge in [-0.15, -0.1) is 0 Å². The Balaban J connectivity index is 1.83. The summed E-state index contributed by atoms with van der Waals surface area (Å²) in [6, 6.07) is 26.1. The fourth-order valence-electron chi connectivity index (χ4n) is 2.56. The zero-order valence-corrected chi connectivity index (χ0v) is 12.7. The lowest BCUT2D eigenvalue weighted by Gasteiger charge is -2.19. The van der Waals surface area contributed by atoms with Crippen LogP contribution in [0.5, 0.6) is 0 Å². The molecule has 1 N–H and O–H groups in total. The summed E-state index contributed by atoms with van der Waals surface area (Å²) in [5.74, 6) is 0. The van der Waals surface area contributed by atoms with Crippen molar-refractivity contribution in [2.75, 3.05) is 0 Å². The van der Waals surface area contributed by atoms with Gasteiger partial charge in [0, 0.05) is 12.7 Å². The van der Waals surface area contributed by atoms with Crippen LogP contribution in [0, 0.1) is 11.3 Å². The third-order valence-electron chi connectivity index (χ3n) is 3.68. The second-order valence-electron chi connectivity index (χ2n) is 5.29. The lowest BCUT2D eigenvalue weighted by atomic mass is 10.0. The van der Waals surface area contributed by atoms with Gasteiger partial charge in [-0.3, -0.25) is 4.98 Å². The molecular formula is C20H17N3. The van der Waals surface area contributed by atoms with Crippen LogP contribution in [0.25, 0.3) is 0 Å². The van der Waals surface area contributed by atoms with Gasteiger partial charge >= 0.3 is 0 Å². The Bertz CT molecular complexity index is 752. The van der Waals surface area contributed by atoms with Crippen molar-refractivity contribution in [1.82, 2.24) is 10.3 Å². The standard InChI is InChI=1S/C20H17N3/c21-14-16-7-6-8-17(13-16)15-23-20(18-9-2-1-3-10-18)19-11-4-5-12-22-19/h1-13,20,23H,15H2. The first-order valence-corrected chi connectivity index (χ1v) is 7.55. The minimum Gasteiger partial charge on any atom is -0.301 e. The van der Waals surface area contributed by atoms with Crippen LogP contribution in [0.2, 0.25) is 0 Å². The van der Waals surface area contributed by atoms with Crippen LogP contribution in [0.4, 0.5) is 0 Å². The van der Waals surface area contributed by atoms with Crippen LogP contribution in [0.15, 0.2) is 79.0 Å². The fraction of sp³-hybridized carbons (Fsp3) is 0.100. The average molecular weight is 299 g/mol. The summed E-state index contributed by atoms with van der Waals surface area (Å²) in [5, 5.41) is 12.6. The number of aromatic nitrogens is 1. The van der Waals surface area contributed by atoms with E-state index in [1.807, 2.05) is 66.9 Å². The molecule has 0 radical (unpaired) electrons. The number of hydrogen-bond donors (Lipinski definition) is 1. The smallest absolute Gasteiger partial charge is 0.0991 e. The molecule has 0 fully saturated rings. The molecule has 0 aliphatic rings. The maximum atomic E-state index is 9.02. The van der Waals surface area contributed by atoms with Crippen LogP contribution < -0.4 is 5.32 Å². The molecule has 0 bridgehead atoms. The van der Waals surface area contributed by atoms with Crippen molar-refractivity contribution in [1.29, 1.82) is 5.26 Å². The summed E-state index contributed by atoms with van der Waals surface area (Å²) in [4.78, 5) is 4.49. The number of benzene rings is 2. The molecule has 112 valence electrons. The molecule has 2 aromatic carbocycles. The molecule has 3 aromatic rings. The molecule has 3 nitrogen and oxygen atoms in total. The maximum Gasteiger partial charge on any atom is 0.0991 e. The van der Waals surface area contributed by atoms with Crippen molar-refractivity contribution < 1.29 is 0 Å². The normalized spacial score (nSPS) is 11.6. The van der Waals surface area contributed by atoms with E-state index in [2.05, 4.69) is 28.5 Å². The molecule has 0 spiro atoms. The van der Waals surface area contributed by atoms with Gasteiger partial charge < -0.3 is 5.32 Å². The van der Waals surface area contributed by atoms with Gasteiger partial charge in [0.25, 0.3) is 0 Å². The summed E-state index contributed by atoms with van der Waals surface area (Å²) in [5.41, 5.74) is 3.91. The van der Waals surface area contributed by atoms with Gasteiger partial charge in [0.15, 0.2) is 0 Å². The minimum absolute atomic E-state index is 0.0168. The second-order valence-corrected chi connectivity index (χ2v) is 5.29. The molecular weight excluding hydrogens is 282 g/mol. The summed E-state index contributed by atoms with van der Waals surface area (Å²) >= 11 is 0. The van der Waals surface area contributed by atoms with Crippen LogP contribution in [-0.2, 0) is 6.54 Å². The number of pyridine rings is 1. The Labute approximate surface area is 136 Å². The van der Waals surface area contributed by atoms with Gasteiger partial charge in [0.2, 0.25) is 0 Å². The topological polar surface area (TPSA) is 48.7 Å². The Morgan fingerprint density at radius 1 is 0.957 bits per heavy atom. The first-order valence-electron chi connectivity index (χ1n) is 7.55. The molecule has 0 aliphatic heterocycles. The monoisotopic (exact) mass is 299 g/mol. The first kappa shape index (κ1) is 15.0. The summed E-state index contributed by atoms with van der Waals surface area (Å²) in [6.07, 6.45) is 1.81. The van der Waals surface area contributed by atoms with Crippen LogP contribution >= 0.6 is 0 Å². The molecule has 0 amide bonds. The van der Waals surface area contributed by atoms with Crippen LogP contribution in [-0.4, -0.2) is 4.98 Å². The van der Waals surface area contributed by atoms with Crippen LogP contribution in [0.1, 0.15) is 28.4 Å². The molecule has 0 saturated heterocycles. The van der Waals surface area contributed by atoms with E-state index in [0.717, 1.165) is 11.3 Å². The van der Waals surface area contributed by atoms with Gasteiger partial charge in [0.05, 0.1) is 23.4 Å². The molecule has 1 atom stereocenters. The Morgan fingerprint density at radius 3 is 2.52 bits per heavy atom. The quantitative estimate of drug-likeness (QED) is 0.779. The van der Waals surface area contributed by atoms with Crippen molar-refractivity contribution in [3.63, 3.8) is 0 Å². The van der Waals surface area contributed by atoms with Crippen molar-refractivity contribution >= 4 is 0 Å². The molecule has 3 heteroatoms. The van der Waals surface area contributed by atoms with Crippen molar-refractivity contribution in [3.05, 3.63) is 101 Å². The van der Waals surface area contributed by atoms with Gasteiger partial charge in [0.1, 0.15) is 0 Å². The Kier molecular flexibility index (Phi) is 4.78. The average Bonchev–Trinajstić information content (AvgIpc) is 2.64. The molecule has 0 aliphatic carbocycles. The van der Waals surface area contributed by atoms with E-state index in [-0.39, 0.29) is 6.04 Å². The Morgan fingerprint density at radius 2 is 1.78 bits per heavy atom. The van der Waals surface area contributed by atoms with Crippen molar-refractivity contribution in [3.8, 4) is 6.07 Å². The Hall–Kier alpha value is -2.96. The van der Waals surface area contributed by atoms with Gasteiger partial charge in [-0.1, -0.05) is 48.5 Å². The van der Waals surface area contributed by atoms with E-state index in [4.69, 9.17) is 5.26 Å². The highest BCUT2D eigenvalue weighted by atomic mass is 14.9. The zero-order chi connectivity index (χ0) is 15.9. The summed E-state index contributed by atoms with van der Waals surface area (Å²) in [6.45, 7) is 0.672. The van der Waals surface area contributed by atoms with Gasteiger partial charge in [-0.05, 0) is 35.4 Å². The lowest BCUT2D eigenvalue weighted by Crippen LogP contribution is -2.22. The van der Waals surface area contributed by atoms with Crippen molar-refractivity contribution in [2.45, 2.75) is 12.6 Å². The highest BCUT2D eigenvalue weighted by molar-refractivity contribution is 5.33. The fourth-order valence-corrected chi connectivity index (χ4v) is 2.56. The predicted molar refractivity (Wildman–Crippen MR) is 90.5 cm³/mol. The maximum absolute atomic E-state index is 9.02. The first-order chi connectivity index (χ1) is 11.4.